The fourth-order valence-corrected chi connectivity index (χ4v) is 1.75. The number of Topliss-reactive ketones (excluding diaryl/α,β-unsaturated/α-hetero) is 1. The van der Waals surface area contributed by atoms with Crippen LogP contribution < -0.4 is 0 Å². The SMILES string of the molecule is CCON(C)C(=O)C(=O)c1ccc(-c2noc(C(F)(F)F)n2)cc1. The fraction of sp³-hybridized carbons (Fsp3) is 0.286. The summed E-state index contributed by atoms with van der Waals surface area (Å²) in [6, 6.07) is 5.18. The first-order valence-corrected chi connectivity index (χ1v) is 6.70. The molecule has 24 heavy (non-hydrogen) atoms. The number of hydrogen-bond acceptors (Lipinski definition) is 6. The normalized spacial score (nSPS) is 11.4. The molecule has 0 N–H and O–H groups in total. The number of amides is 1. The summed E-state index contributed by atoms with van der Waals surface area (Å²) >= 11 is 0. The van der Waals surface area contributed by atoms with Crippen LogP contribution in [0.25, 0.3) is 11.4 Å². The van der Waals surface area contributed by atoms with Gasteiger partial charge in [0.15, 0.2) is 0 Å². The van der Waals surface area contributed by atoms with Crippen molar-refractivity contribution in [2.75, 3.05) is 13.7 Å². The van der Waals surface area contributed by atoms with Gasteiger partial charge in [-0.25, -0.2) is 5.06 Å². The molecule has 1 heterocycles. The second-order valence-corrected chi connectivity index (χ2v) is 4.55. The summed E-state index contributed by atoms with van der Waals surface area (Å²) in [5, 5.41) is 4.04. The number of hydroxylamine groups is 2. The molecule has 0 bridgehead atoms. The maximum Gasteiger partial charge on any atom is 0.471 e. The van der Waals surface area contributed by atoms with Crippen LogP contribution in [0.2, 0.25) is 0 Å². The largest absolute Gasteiger partial charge is 0.471 e. The maximum atomic E-state index is 12.4. The minimum atomic E-state index is -4.74. The lowest BCUT2D eigenvalue weighted by Crippen LogP contribution is -2.33. The maximum absolute atomic E-state index is 12.4. The lowest BCUT2D eigenvalue weighted by Gasteiger charge is -2.14. The van der Waals surface area contributed by atoms with Crippen molar-refractivity contribution in [1.29, 1.82) is 0 Å². The van der Waals surface area contributed by atoms with Gasteiger partial charge in [-0.1, -0.05) is 29.4 Å². The summed E-state index contributed by atoms with van der Waals surface area (Å²) in [6.45, 7) is 1.87. The highest BCUT2D eigenvalue weighted by Gasteiger charge is 2.38. The quantitative estimate of drug-likeness (QED) is 0.471. The van der Waals surface area contributed by atoms with E-state index in [9.17, 15) is 22.8 Å². The van der Waals surface area contributed by atoms with E-state index in [2.05, 4.69) is 14.7 Å². The van der Waals surface area contributed by atoms with Crippen LogP contribution in [-0.4, -0.2) is 40.5 Å². The second kappa shape index (κ2) is 6.79. The number of hydrogen-bond donors (Lipinski definition) is 0. The van der Waals surface area contributed by atoms with Crippen molar-refractivity contribution in [1.82, 2.24) is 15.2 Å². The molecule has 0 saturated carbocycles. The predicted octanol–water partition coefficient (Wildman–Crippen LogP) is 2.35. The topological polar surface area (TPSA) is 85.5 Å². The van der Waals surface area contributed by atoms with E-state index in [4.69, 9.17) is 4.84 Å². The average molecular weight is 343 g/mol. The van der Waals surface area contributed by atoms with Gasteiger partial charge >= 0.3 is 18.0 Å². The molecule has 2 aromatic rings. The number of rotatable bonds is 5. The molecule has 0 aliphatic heterocycles. The summed E-state index contributed by atoms with van der Waals surface area (Å²) < 4.78 is 41.4. The van der Waals surface area contributed by atoms with Gasteiger partial charge < -0.3 is 4.52 Å². The molecule has 0 atom stereocenters. The van der Waals surface area contributed by atoms with Crippen molar-refractivity contribution in [3.63, 3.8) is 0 Å². The molecule has 1 amide bonds. The van der Waals surface area contributed by atoms with Crippen LogP contribution in [-0.2, 0) is 15.8 Å². The molecule has 10 heteroatoms. The highest BCUT2D eigenvalue weighted by molar-refractivity contribution is 6.42. The molecule has 1 aromatic heterocycles. The van der Waals surface area contributed by atoms with Crippen molar-refractivity contribution in [2.45, 2.75) is 13.1 Å². The number of nitrogens with zero attached hydrogens (tertiary/aromatic N) is 3. The summed E-state index contributed by atoms with van der Waals surface area (Å²) in [5.74, 6) is -3.43. The molecule has 0 saturated heterocycles. The molecule has 128 valence electrons. The van der Waals surface area contributed by atoms with Crippen LogP contribution in [0.1, 0.15) is 23.2 Å². The van der Waals surface area contributed by atoms with Gasteiger partial charge in [0.05, 0.1) is 6.61 Å². The number of carbonyl (C=O) groups excluding carboxylic acids is 2. The van der Waals surface area contributed by atoms with Gasteiger partial charge in [-0.2, -0.15) is 18.2 Å². The zero-order chi connectivity index (χ0) is 17.9. The third-order valence-electron chi connectivity index (χ3n) is 2.88. The Balaban J connectivity index is 2.17. The van der Waals surface area contributed by atoms with Gasteiger partial charge in [-0.05, 0) is 6.92 Å². The van der Waals surface area contributed by atoms with Crippen LogP contribution in [0.5, 0.6) is 0 Å². The van der Waals surface area contributed by atoms with Crippen LogP contribution in [0.4, 0.5) is 13.2 Å². The van der Waals surface area contributed by atoms with E-state index in [0.29, 0.717) is 0 Å². The van der Waals surface area contributed by atoms with E-state index in [1.807, 2.05) is 0 Å². The van der Waals surface area contributed by atoms with E-state index in [1.54, 1.807) is 6.92 Å². The van der Waals surface area contributed by atoms with E-state index >= 15 is 0 Å². The van der Waals surface area contributed by atoms with Gasteiger partial charge in [0.2, 0.25) is 5.82 Å². The second-order valence-electron chi connectivity index (χ2n) is 4.55. The van der Waals surface area contributed by atoms with Gasteiger partial charge in [-0.3, -0.25) is 14.4 Å². The fourth-order valence-electron chi connectivity index (χ4n) is 1.75. The monoisotopic (exact) mass is 343 g/mol. The molecule has 1 aromatic carbocycles. The first-order chi connectivity index (χ1) is 11.2. The summed E-state index contributed by atoms with van der Waals surface area (Å²) in [5.41, 5.74) is 0.256. The van der Waals surface area contributed by atoms with Crippen molar-refractivity contribution >= 4 is 11.7 Å². The van der Waals surface area contributed by atoms with Crippen molar-refractivity contribution in [2.24, 2.45) is 0 Å². The Morgan fingerprint density at radius 3 is 2.38 bits per heavy atom. The van der Waals surface area contributed by atoms with Crippen molar-refractivity contribution in [3.8, 4) is 11.4 Å². The Hall–Kier alpha value is -2.75. The molecular weight excluding hydrogens is 331 g/mol. The number of carbonyl (C=O) groups is 2. The van der Waals surface area contributed by atoms with E-state index in [-0.39, 0.29) is 23.6 Å². The average Bonchev–Trinajstić information content (AvgIpc) is 3.04. The Bertz CT molecular complexity index is 740. The third-order valence-corrected chi connectivity index (χ3v) is 2.88. The van der Waals surface area contributed by atoms with Crippen molar-refractivity contribution < 1.29 is 32.1 Å². The van der Waals surface area contributed by atoms with E-state index in [1.165, 1.54) is 31.3 Å². The van der Waals surface area contributed by atoms with Gasteiger partial charge in [0, 0.05) is 18.2 Å². The highest BCUT2D eigenvalue weighted by Crippen LogP contribution is 2.29. The number of aromatic nitrogens is 2. The number of benzene rings is 1. The first kappa shape index (κ1) is 17.6. The van der Waals surface area contributed by atoms with E-state index in [0.717, 1.165) is 5.06 Å². The number of alkyl halides is 3. The van der Waals surface area contributed by atoms with Gasteiger partial charge in [0.1, 0.15) is 0 Å². The zero-order valence-corrected chi connectivity index (χ0v) is 12.6. The van der Waals surface area contributed by atoms with Crippen LogP contribution in [0.3, 0.4) is 0 Å². The number of ketones is 1. The molecule has 0 radical (unpaired) electrons. The molecule has 0 fully saturated rings. The number of likely N-dealkylation sites (N-methyl/N-ethyl adjacent to an activating group) is 1. The Labute approximate surface area is 134 Å². The standard InChI is InChI=1S/C14H12F3N3O4/c1-3-23-20(2)12(22)10(21)8-4-6-9(7-5-8)11-18-13(24-19-11)14(15,16)17/h4-7H,3H2,1-2H3. The van der Waals surface area contributed by atoms with Crippen molar-refractivity contribution in [3.05, 3.63) is 35.7 Å². The third kappa shape index (κ3) is 3.77. The van der Waals surface area contributed by atoms with Gasteiger partial charge in [-0.15, -0.1) is 0 Å². The highest BCUT2D eigenvalue weighted by atomic mass is 19.4. The van der Waals surface area contributed by atoms with Crippen LogP contribution >= 0.6 is 0 Å². The Morgan fingerprint density at radius 2 is 1.88 bits per heavy atom. The molecule has 7 nitrogen and oxygen atoms in total. The molecule has 0 unspecified atom stereocenters. The minimum Gasteiger partial charge on any atom is -0.329 e. The summed E-state index contributed by atoms with van der Waals surface area (Å²) in [6.07, 6.45) is -4.74. The zero-order valence-electron chi connectivity index (χ0n) is 12.6. The molecule has 0 aliphatic rings. The van der Waals surface area contributed by atoms with Crippen LogP contribution in [0, 0.1) is 0 Å². The minimum absolute atomic E-state index is 0.0508. The molecule has 2 rings (SSSR count). The smallest absolute Gasteiger partial charge is 0.329 e. The lowest BCUT2D eigenvalue weighted by atomic mass is 10.1. The van der Waals surface area contributed by atoms with Crippen LogP contribution in [0.15, 0.2) is 28.8 Å². The Kier molecular flexibility index (Phi) is 4.98. The van der Waals surface area contributed by atoms with Gasteiger partial charge in [0.25, 0.3) is 5.78 Å². The number of halogens is 3. The molecule has 0 spiro atoms. The molecule has 0 aliphatic carbocycles. The summed E-state index contributed by atoms with van der Waals surface area (Å²) in [7, 11) is 1.30. The predicted molar refractivity (Wildman–Crippen MR) is 73.5 cm³/mol. The lowest BCUT2D eigenvalue weighted by molar-refractivity contribution is -0.170. The summed E-state index contributed by atoms with van der Waals surface area (Å²) in [4.78, 5) is 31.9. The molecular formula is C14H12F3N3O4. The first-order valence-electron chi connectivity index (χ1n) is 6.70. The van der Waals surface area contributed by atoms with E-state index < -0.39 is 23.8 Å². The Morgan fingerprint density at radius 1 is 1.25 bits per heavy atom.